The standard InChI is InChI=1S/C12H18N4O/c13-5-6-16(7-8-17)9-12-14-10-3-1-2-4-11(10)15-12/h1-4,17H,5-9,13H2,(H,14,15). The molecular weight excluding hydrogens is 216 g/mol. The highest BCUT2D eigenvalue weighted by molar-refractivity contribution is 5.74. The SMILES string of the molecule is NCCN(CCO)Cc1nc2ccccc2[nH]1. The van der Waals surface area contributed by atoms with Gasteiger partial charge in [-0.25, -0.2) is 4.98 Å². The van der Waals surface area contributed by atoms with E-state index in [1.54, 1.807) is 0 Å². The first-order valence-corrected chi connectivity index (χ1v) is 5.80. The van der Waals surface area contributed by atoms with Crippen LogP contribution in [0.15, 0.2) is 24.3 Å². The Morgan fingerprint density at radius 3 is 2.82 bits per heavy atom. The van der Waals surface area contributed by atoms with Crippen LogP contribution < -0.4 is 5.73 Å². The Morgan fingerprint density at radius 1 is 1.29 bits per heavy atom. The molecule has 0 aliphatic rings. The third-order valence-electron chi connectivity index (χ3n) is 2.67. The summed E-state index contributed by atoms with van der Waals surface area (Å²) in [6.07, 6.45) is 0. The highest BCUT2D eigenvalue weighted by Crippen LogP contribution is 2.11. The normalized spacial score (nSPS) is 11.5. The van der Waals surface area contributed by atoms with Crippen LogP contribution in [-0.2, 0) is 6.54 Å². The summed E-state index contributed by atoms with van der Waals surface area (Å²) in [5.41, 5.74) is 7.55. The molecule has 0 saturated heterocycles. The summed E-state index contributed by atoms with van der Waals surface area (Å²) in [6.45, 7) is 2.79. The Balaban J connectivity index is 2.10. The maximum absolute atomic E-state index is 8.97. The zero-order valence-electron chi connectivity index (χ0n) is 9.76. The molecule has 4 N–H and O–H groups in total. The molecule has 92 valence electrons. The van der Waals surface area contributed by atoms with E-state index in [0.717, 1.165) is 23.4 Å². The van der Waals surface area contributed by atoms with Crippen LogP contribution in [-0.4, -0.2) is 46.2 Å². The van der Waals surface area contributed by atoms with E-state index in [9.17, 15) is 0 Å². The number of aliphatic hydroxyl groups is 1. The minimum absolute atomic E-state index is 0.139. The third kappa shape index (κ3) is 3.03. The number of rotatable bonds is 6. The van der Waals surface area contributed by atoms with Crippen LogP contribution in [0.4, 0.5) is 0 Å². The Kier molecular flexibility index (Phi) is 4.08. The van der Waals surface area contributed by atoms with Gasteiger partial charge < -0.3 is 15.8 Å². The number of hydrogen-bond acceptors (Lipinski definition) is 4. The number of benzene rings is 1. The number of imidazole rings is 1. The van der Waals surface area contributed by atoms with Gasteiger partial charge in [0.25, 0.3) is 0 Å². The molecule has 1 aromatic heterocycles. The van der Waals surface area contributed by atoms with Gasteiger partial charge >= 0.3 is 0 Å². The monoisotopic (exact) mass is 234 g/mol. The molecule has 2 aromatic rings. The Bertz CT molecular complexity index is 429. The second-order valence-electron chi connectivity index (χ2n) is 3.99. The van der Waals surface area contributed by atoms with Gasteiger partial charge in [-0.05, 0) is 12.1 Å². The Morgan fingerprint density at radius 2 is 2.12 bits per heavy atom. The number of para-hydroxylation sites is 2. The first-order chi connectivity index (χ1) is 8.33. The van der Waals surface area contributed by atoms with Crippen LogP contribution in [0.2, 0.25) is 0 Å². The summed E-state index contributed by atoms with van der Waals surface area (Å²) in [4.78, 5) is 9.85. The number of nitrogens with one attached hydrogen (secondary N) is 1. The van der Waals surface area contributed by atoms with Crippen molar-refractivity contribution in [1.82, 2.24) is 14.9 Å². The van der Waals surface area contributed by atoms with Gasteiger partial charge in [-0.2, -0.15) is 0 Å². The third-order valence-corrected chi connectivity index (χ3v) is 2.67. The van der Waals surface area contributed by atoms with E-state index < -0.39 is 0 Å². The quantitative estimate of drug-likeness (QED) is 0.672. The summed E-state index contributed by atoms with van der Waals surface area (Å²) in [5, 5.41) is 8.97. The minimum Gasteiger partial charge on any atom is -0.395 e. The number of nitrogens with two attached hydrogens (primary N) is 1. The number of fused-ring (bicyclic) bond motifs is 1. The highest BCUT2D eigenvalue weighted by atomic mass is 16.3. The van der Waals surface area contributed by atoms with Crippen molar-refractivity contribution in [2.45, 2.75) is 6.54 Å². The molecule has 0 amide bonds. The summed E-state index contributed by atoms with van der Waals surface area (Å²) in [6, 6.07) is 7.94. The van der Waals surface area contributed by atoms with Gasteiger partial charge in [0.2, 0.25) is 0 Å². The summed E-state index contributed by atoms with van der Waals surface area (Å²) in [5.74, 6) is 0.910. The maximum atomic E-state index is 8.97. The van der Waals surface area contributed by atoms with Crippen LogP contribution in [0, 0.1) is 0 Å². The summed E-state index contributed by atoms with van der Waals surface area (Å²) in [7, 11) is 0. The molecule has 0 fully saturated rings. The molecule has 0 unspecified atom stereocenters. The number of hydrogen-bond donors (Lipinski definition) is 3. The summed E-state index contributed by atoms with van der Waals surface area (Å²) >= 11 is 0. The predicted octanol–water partition coefficient (Wildman–Crippen LogP) is 0.316. The van der Waals surface area contributed by atoms with Crippen LogP contribution >= 0.6 is 0 Å². The number of aliphatic hydroxyl groups excluding tert-OH is 1. The molecule has 0 radical (unpaired) electrons. The van der Waals surface area contributed by atoms with E-state index in [1.165, 1.54) is 0 Å². The summed E-state index contributed by atoms with van der Waals surface area (Å²) < 4.78 is 0. The van der Waals surface area contributed by atoms with E-state index in [0.29, 0.717) is 19.6 Å². The second kappa shape index (κ2) is 5.77. The zero-order valence-corrected chi connectivity index (χ0v) is 9.76. The van der Waals surface area contributed by atoms with Crippen molar-refractivity contribution in [3.63, 3.8) is 0 Å². The molecule has 5 nitrogen and oxygen atoms in total. The Hall–Kier alpha value is -1.43. The van der Waals surface area contributed by atoms with Gasteiger partial charge in [-0.15, -0.1) is 0 Å². The van der Waals surface area contributed by atoms with Crippen molar-refractivity contribution in [1.29, 1.82) is 0 Å². The highest BCUT2D eigenvalue weighted by Gasteiger charge is 2.08. The average molecular weight is 234 g/mol. The van der Waals surface area contributed by atoms with Crippen molar-refractivity contribution in [3.05, 3.63) is 30.1 Å². The van der Waals surface area contributed by atoms with Gasteiger partial charge in [-0.3, -0.25) is 4.90 Å². The van der Waals surface area contributed by atoms with Crippen LogP contribution in [0.3, 0.4) is 0 Å². The molecule has 1 heterocycles. The predicted molar refractivity (Wildman–Crippen MR) is 67.5 cm³/mol. The van der Waals surface area contributed by atoms with E-state index in [1.807, 2.05) is 24.3 Å². The molecule has 1 aromatic carbocycles. The number of H-pyrrole nitrogens is 1. The largest absolute Gasteiger partial charge is 0.395 e. The van der Waals surface area contributed by atoms with E-state index in [-0.39, 0.29) is 6.61 Å². The van der Waals surface area contributed by atoms with Crippen molar-refractivity contribution >= 4 is 11.0 Å². The lowest BCUT2D eigenvalue weighted by Gasteiger charge is -2.18. The minimum atomic E-state index is 0.139. The van der Waals surface area contributed by atoms with Crippen molar-refractivity contribution < 1.29 is 5.11 Å². The first kappa shape index (κ1) is 12.0. The molecule has 0 aliphatic carbocycles. The van der Waals surface area contributed by atoms with E-state index in [4.69, 9.17) is 10.8 Å². The van der Waals surface area contributed by atoms with Gasteiger partial charge in [-0.1, -0.05) is 12.1 Å². The van der Waals surface area contributed by atoms with Crippen molar-refractivity contribution in [2.75, 3.05) is 26.2 Å². The molecule has 0 atom stereocenters. The lowest BCUT2D eigenvalue weighted by molar-refractivity contribution is 0.191. The first-order valence-electron chi connectivity index (χ1n) is 5.80. The van der Waals surface area contributed by atoms with Gasteiger partial charge in [0.15, 0.2) is 0 Å². The molecule has 0 aliphatic heterocycles. The van der Waals surface area contributed by atoms with Gasteiger partial charge in [0.05, 0.1) is 24.2 Å². The fourth-order valence-electron chi connectivity index (χ4n) is 1.89. The number of nitrogens with zero attached hydrogens (tertiary/aromatic N) is 2. The fourth-order valence-corrected chi connectivity index (χ4v) is 1.89. The molecule has 5 heteroatoms. The second-order valence-corrected chi connectivity index (χ2v) is 3.99. The molecule has 0 saturated carbocycles. The fraction of sp³-hybridized carbons (Fsp3) is 0.417. The molecular formula is C12H18N4O. The molecule has 0 spiro atoms. The van der Waals surface area contributed by atoms with Crippen LogP contribution in [0.1, 0.15) is 5.82 Å². The van der Waals surface area contributed by atoms with Crippen molar-refractivity contribution in [2.24, 2.45) is 5.73 Å². The smallest absolute Gasteiger partial charge is 0.121 e. The number of aromatic amines is 1. The number of aromatic nitrogens is 2. The average Bonchev–Trinajstić information content (AvgIpc) is 2.71. The van der Waals surface area contributed by atoms with Gasteiger partial charge in [0, 0.05) is 19.6 Å². The van der Waals surface area contributed by atoms with E-state index in [2.05, 4.69) is 14.9 Å². The Labute approximate surface area is 100 Å². The van der Waals surface area contributed by atoms with Crippen molar-refractivity contribution in [3.8, 4) is 0 Å². The van der Waals surface area contributed by atoms with Gasteiger partial charge in [0.1, 0.15) is 5.82 Å². The van der Waals surface area contributed by atoms with E-state index >= 15 is 0 Å². The maximum Gasteiger partial charge on any atom is 0.121 e. The lowest BCUT2D eigenvalue weighted by atomic mass is 10.3. The molecule has 0 bridgehead atoms. The zero-order chi connectivity index (χ0) is 12.1. The topological polar surface area (TPSA) is 78.2 Å². The molecule has 17 heavy (non-hydrogen) atoms. The van der Waals surface area contributed by atoms with Crippen LogP contribution in [0.5, 0.6) is 0 Å². The van der Waals surface area contributed by atoms with Crippen LogP contribution in [0.25, 0.3) is 11.0 Å². The molecule has 2 rings (SSSR count). The lowest BCUT2D eigenvalue weighted by Crippen LogP contribution is -2.31.